The Hall–Kier alpha value is -1.55. The van der Waals surface area contributed by atoms with Gasteiger partial charge in [0.2, 0.25) is 0 Å². The zero-order chi connectivity index (χ0) is 12.5. The number of benzene rings is 1. The maximum absolute atomic E-state index is 11.5. The van der Waals surface area contributed by atoms with Crippen molar-refractivity contribution < 1.29 is 14.4 Å². The van der Waals surface area contributed by atoms with Gasteiger partial charge in [-0.1, -0.05) is 13.3 Å². The van der Waals surface area contributed by atoms with E-state index in [4.69, 9.17) is 9.57 Å². The summed E-state index contributed by atoms with van der Waals surface area (Å²) in [6, 6.07) is 7.01. The van der Waals surface area contributed by atoms with Gasteiger partial charge in [-0.2, -0.15) is 0 Å². The summed E-state index contributed by atoms with van der Waals surface area (Å²) in [7, 11) is 0. The number of carbonyl (C=O) groups is 1. The molecule has 0 radical (unpaired) electrons. The van der Waals surface area contributed by atoms with Crippen LogP contribution in [0.3, 0.4) is 0 Å². The SMILES string of the molecule is CCCCOc1ccc(C(=O)NOCC)cc1. The molecule has 17 heavy (non-hydrogen) atoms. The van der Waals surface area contributed by atoms with E-state index in [0.29, 0.717) is 18.8 Å². The normalized spacial score (nSPS) is 10.0. The average molecular weight is 237 g/mol. The van der Waals surface area contributed by atoms with Crippen molar-refractivity contribution in [1.29, 1.82) is 0 Å². The number of hydroxylamine groups is 1. The molecule has 0 aliphatic rings. The lowest BCUT2D eigenvalue weighted by Gasteiger charge is -2.06. The maximum Gasteiger partial charge on any atom is 0.274 e. The monoisotopic (exact) mass is 237 g/mol. The summed E-state index contributed by atoms with van der Waals surface area (Å²) >= 11 is 0. The van der Waals surface area contributed by atoms with Crippen LogP contribution in [0.5, 0.6) is 5.75 Å². The van der Waals surface area contributed by atoms with Gasteiger partial charge in [0.25, 0.3) is 5.91 Å². The number of amides is 1. The zero-order valence-corrected chi connectivity index (χ0v) is 10.4. The lowest BCUT2D eigenvalue weighted by Crippen LogP contribution is -2.23. The summed E-state index contributed by atoms with van der Waals surface area (Å²) in [5.74, 6) is 0.540. The number of rotatable bonds is 7. The Bertz CT molecular complexity index is 335. The highest BCUT2D eigenvalue weighted by Crippen LogP contribution is 2.12. The summed E-state index contributed by atoms with van der Waals surface area (Å²) in [5, 5.41) is 0. The predicted molar refractivity (Wildman–Crippen MR) is 65.9 cm³/mol. The fourth-order valence-corrected chi connectivity index (χ4v) is 1.23. The molecular formula is C13H19NO3. The fraction of sp³-hybridized carbons (Fsp3) is 0.462. The van der Waals surface area contributed by atoms with Crippen LogP contribution in [0.25, 0.3) is 0 Å². The molecular weight excluding hydrogens is 218 g/mol. The predicted octanol–water partition coefficient (Wildman–Crippen LogP) is 2.55. The van der Waals surface area contributed by atoms with E-state index in [0.717, 1.165) is 18.6 Å². The van der Waals surface area contributed by atoms with E-state index >= 15 is 0 Å². The van der Waals surface area contributed by atoms with Crippen molar-refractivity contribution in [3.63, 3.8) is 0 Å². The molecule has 1 N–H and O–H groups in total. The van der Waals surface area contributed by atoms with Gasteiger partial charge < -0.3 is 4.74 Å². The van der Waals surface area contributed by atoms with E-state index in [-0.39, 0.29) is 5.91 Å². The van der Waals surface area contributed by atoms with Crippen LogP contribution in [0.2, 0.25) is 0 Å². The third-order valence-electron chi connectivity index (χ3n) is 2.19. The van der Waals surface area contributed by atoms with E-state index in [1.165, 1.54) is 0 Å². The molecule has 0 saturated carbocycles. The van der Waals surface area contributed by atoms with Gasteiger partial charge in [-0.3, -0.25) is 9.63 Å². The Labute approximate surface area is 102 Å². The number of unbranched alkanes of at least 4 members (excludes halogenated alkanes) is 1. The van der Waals surface area contributed by atoms with Gasteiger partial charge in [-0.15, -0.1) is 0 Å². The molecule has 4 heteroatoms. The van der Waals surface area contributed by atoms with Crippen molar-refractivity contribution in [3.8, 4) is 5.75 Å². The molecule has 0 saturated heterocycles. The van der Waals surface area contributed by atoms with E-state index in [2.05, 4.69) is 12.4 Å². The van der Waals surface area contributed by atoms with E-state index in [9.17, 15) is 4.79 Å². The molecule has 0 aromatic heterocycles. The molecule has 1 rings (SSSR count). The fourth-order valence-electron chi connectivity index (χ4n) is 1.23. The minimum Gasteiger partial charge on any atom is -0.494 e. The van der Waals surface area contributed by atoms with Gasteiger partial charge >= 0.3 is 0 Å². The third kappa shape index (κ3) is 4.87. The highest BCUT2D eigenvalue weighted by Gasteiger charge is 2.04. The minimum atomic E-state index is -0.244. The Morgan fingerprint density at radius 1 is 1.24 bits per heavy atom. The van der Waals surface area contributed by atoms with Gasteiger partial charge in [0, 0.05) is 5.56 Å². The summed E-state index contributed by atoms with van der Waals surface area (Å²) in [5.41, 5.74) is 2.90. The van der Waals surface area contributed by atoms with Crippen molar-refractivity contribution in [1.82, 2.24) is 5.48 Å². The maximum atomic E-state index is 11.5. The summed E-state index contributed by atoms with van der Waals surface area (Å²) in [6.07, 6.45) is 2.14. The van der Waals surface area contributed by atoms with Crippen LogP contribution >= 0.6 is 0 Å². The Morgan fingerprint density at radius 2 is 1.94 bits per heavy atom. The molecule has 0 aliphatic carbocycles. The standard InChI is InChI=1S/C13H19NO3/c1-3-5-10-16-12-8-6-11(7-9-12)13(15)14-17-4-2/h6-9H,3-5,10H2,1-2H3,(H,14,15). The molecule has 0 fully saturated rings. The topological polar surface area (TPSA) is 47.6 Å². The second kappa shape index (κ2) is 7.68. The van der Waals surface area contributed by atoms with Crippen molar-refractivity contribution in [2.45, 2.75) is 26.7 Å². The molecule has 0 bridgehead atoms. The molecule has 0 spiro atoms. The molecule has 0 atom stereocenters. The van der Waals surface area contributed by atoms with Crippen LogP contribution in [0.15, 0.2) is 24.3 Å². The summed E-state index contributed by atoms with van der Waals surface area (Å²) in [6.45, 7) is 5.08. The third-order valence-corrected chi connectivity index (χ3v) is 2.19. The van der Waals surface area contributed by atoms with Crippen molar-refractivity contribution >= 4 is 5.91 Å². The van der Waals surface area contributed by atoms with Crippen LogP contribution in [0.1, 0.15) is 37.0 Å². The molecule has 0 heterocycles. The van der Waals surface area contributed by atoms with Gasteiger partial charge in [0.15, 0.2) is 0 Å². The van der Waals surface area contributed by atoms with Gasteiger partial charge in [-0.25, -0.2) is 5.48 Å². The van der Waals surface area contributed by atoms with Crippen molar-refractivity contribution in [3.05, 3.63) is 29.8 Å². The van der Waals surface area contributed by atoms with Crippen LogP contribution < -0.4 is 10.2 Å². The van der Waals surface area contributed by atoms with E-state index < -0.39 is 0 Å². The number of hydrogen-bond acceptors (Lipinski definition) is 3. The van der Waals surface area contributed by atoms with Crippen molar-refractivity contribution in [2.24, 2.45) is 0 Å². The lowest BCUT2D eigenvalue weighted by molar-refractivity contribution is 0.0364. The summed E-state index contributed by atoms with van der Waals surface area (Å²) < 4.78 is 5.50. The molecule has 1 aromatic rings. The minimum absolute atomic E-state index is 0.244. The van der Waals surface area contributed by atoms with Crippen LogP contribution in [0, 0.1) is 0 Å². The lowest BCUT2D eigenvalue weighted by atomic mass is 10.2. The highest BCUT2D eigenvalue weighted by molar-refractivity contribution is 5.93. The largest absolute Gasteiger partial charge is 0.494 e. The highest BCUT2D eigenvalue weighted by atomic mass is 16.6. The number of ether oxygens (including phenoxy) is 1. The second-order valence-corrected chi connectivity index (χ2v) is 3.59. The molecule has 0 aliphatic heterocycles. The Morgan fingerprint density at radius 3 is 2.53 bits per heavy atom. The first-order valence-electron chi connectivity index (χ1n) is 5.93. The Balaban J connectivity index is 2.46. The first-order valence-corrected chi connectivity index (χ1v) is 5.93. The van der Waals surface area contributed by atoms with E-state index in [1.54, 1.807) is 24.3 Å². The Kier molecular flexibility index (Phi) is 6.10. The van der Waals surface area contributed by atoms with Gasteiger partial charge in [0.05, 0.1) is 13.2 Å². The van der Waals surface area contributed by atoms with Gasteiger partial charge in [-0.05, 0) is 37.6 Å². The number of carbonyl (C=O) groups excluding carboxylic acids is 1. The van der Waals surface area contributed by atoms with Crippen LogP contribution in [0.4, 0.5) is 0 Å². The van der Waals surface area contributed by atoms with E-state index in [1.807, 2.05) is 6.92 Å². The average Bonchev–Trinajstić information content (AvgIpc) is 2.37. The molecule has 0 unspecified atom stereocenters. The first kappa shape index (κ1) is 13.5. The second-order valence-electron chi connectivity index (χ2n) is 3.59. The number of nitrogens with one attached hydrogen (secondary N) is 1. The van der Waals surface area contributed by atoms with Crippen molar-refractivity contribution in [2.75, 3.05) is 13.2 Å². The molecule has 1 amide bonds. The molecule has 94 valence electrons. The van der Waals surface area contributed by atoms with Crippen LogP contribution in [-0.2, 0) is 4.84 Å². The number of hydrogen-bond donors (Lipinski definition) is 1. The smallest absolute Gasteiger partial charge is 0.274 e. The first-order chi connectivity index (χ1) is 8.27. The summed E-state index contributed by atoms with van der Waals surface area (Å²) in [4.78, 5) is 16.3. The molecule has 4 nitrogen and oxygen atoms in total. The zero-order valence-electron chi connectivity index (χ0n) is 10.4. The quantitative estimate of drug-likeness (QED) is 0.585. The molecule has 1 aromatic carbocycles. The van der Waals surface area contributed by atoms with Crippen LogP contribution in [-0.4, -0.2) is 19.1 Å². The van der Waals surface area contributed by atoms with Gasteiger partial charge in [0.1, 0.15) is 5.75 Å².